The molecule has 2 atom stereocenters. The van der Waals surface area contributed by atoms with Gasteiger partial charge in [0.1, 0.15) is 17.9 Å². The Kier molecular flexibility index (Phi) is 6.05. The summed E-state index contributed by atoms with van der Waals surface area (Å²) < 4.78 is 34.5. The molecule has 1 aromatic carbocycles. The fourth-order valence-electron chi connectivity index (χ4n) is 3.54. The molecule has 1 amide bonds. The summed E-state index contributed by atoms with van der Waals surface area (Å²) in [6.07, 6.45) is -1.47. The van der Waals surface area contributed by atoms with Crippen LogP contribution in [0.1, 0.15) is 23.6 Å². The second kappa shape index (κ2) is 8.23. The molecule has 0 radical (unpaired) electrons. The number of aliphatic hydroxyl groups is 1. The molecule has 162 valence electrons. The van der Waals surface area contributed by atoms with Crippen LogP contribution >= 0.6 is 0 Å². The molecule has 1 aliphatic heterocycles. The normalized spacial score (nSPS) is 20.3. The SMILES string of the molecule is C=C(C)COc1cc(C)cc2oc(=O)c(CC(=O)NC3CS(=O)(=O)CC3O)c(C)c12. The van der Waals surface area contributed by atoms with Crippen molar-refractivity contribution in [1.29, 1.82) is 0 Å². The molecule has 9 heteroatoms. The molecule has 0 aliphatic carbocycles. The zero-order valence-electron chi connectivity index (χ0n) is 17.1. The van der Waals surface area contributed by atoms with E-state index in [2.05, 4.69) is 11.9 Å². The van der Waals surface area contributed by atoms with Crippen LogP contribution in [0.15, 0.2) is 33.5 Å². The number of ether oxygens (including phenoxy) is 1. The monoisotopic (exact) mass is 435 g/mol. The minimum Gasteiger partial charge on any atom is -0.488 e. The number of nitrogens with one attached hydrogen (secondary N) is 1. The summed E-state index contributed by atoms with van der Waals surface area (Å²) in [5.41, 5.74) is 2.09. The number of rotatable bonds is 6. The van der Waals surface area contributed by atoms with Gasteiger partial charge in [-0.25, -0.2) is 13.2 Å². The first-order valence-corrected chi connectivity index (χ1v) is 11.3. The van der Waals surface area contributed by atoms with Crippen molar-refractivity contribution in [2.45, 2.75) is 39.3 Å². The van der Waals surface area contributed by atoms with Crippen molar-refractivity contribution in [2.75, 3.05) is 18.1 Å². The highest BCUT2D eigenvalue weighted by Gasteiger charge is 2.37. The smallest absolute Gasteiger partial charge is 0.340 e. The van der Waals surface area contributed by atoms with Crippen molar-refractivity contribution < 1.29 is 27.5 Å². The Morgan fingerprint density at radius 2 is 2.03 bits per heavy atom. The average molecular weight is 435 g/mol. The first kappa shape index (κ1) is 22.0. The van der Waals surface area contributed by atoms with Crippen LogP contribution in [0.25, 0.3) is 11.0 Å². The second-order valence-corrected chi connectivity index (χ2v) is 10.0. The molecular formula is C21H25NO7S. The van der Waals surface area contributed by atoms with Gasteiger partial charge in [-0.2, -0.15) is 0 Å². The molecule has 3 rings (SSSR count). The van der Waals surface area contributed by atoms with Gasteiger partial charge in [-0.05, 0) is 49.6 Å². The predicted octanol–water partition coefficient (Wildman–Crippen LogP) is 1.18. The summed E-state index contributed by atoms with van der Waals surface area (Å²) in [4.78, 5) is 25.0. The van der Waals surface area contributed by atoms with Crippen molar-refractivity contribution in [3.63, 3.8) is 0 Å². The topological polar surface area (TPSA) is 123 Å². The molecule has 8 nitrogen and oxygen atoms in total. The number of fused-ring (bicyclic) bond motifs is 1. The second-order valence-electron chi connectivity index (χ2n) is 7.87. The highest BCUT2D eigenvalue weighted by molar-refractivity contribution is 7.91. The quantitative estimate of drug-likeness (QED) is 0.516. The van der Waals surface area contributed by atoms with Crippen LogP contribution in [0.3, 0.4) is 0 Å². The van der Waals surface area contributed by atoms with Crippen LogP contribution in [0, 0.1) is 13.8 Å². The zero-order chi connectivity index (χ0) is 22.2. The number of benzene rings is 1. The number of amides is 1. The van der Waals surface area contributed by atoms with Crippen molar-refractivity contribution in [2.24, 2.45) is 0 Å². The van der Waals surface area contributed by atoms with Gasteiger partial charge in [0.2, 0.25) is 5.91 Å². The average Bonchev–Trinajstić information content (AvgIpc) is 2.87. The lowest BCUT2D eigenvalue weighted by Crippen LogP contribution is -2.43. The van der Waals surface area contributed by atoms with E-state index in [0.717, 1.165) is 11.1 Å². The van der Waals surface area contributed by atoms with E-state index in [-0.39, 0.29) is 17.7 Å². The van der Waals surface area contributed by atoms with Gasteiger partial charge in [0.25, 0.3) is 0 Å². The molecule has 1 fully saturated rings. The third-order valence-corrected chi connectivity index (χ3v) is 6.68. The van der Waals surface area contributed by atoms with Crippen molar-refractivity contribution in [3.8, 4) is 5.75 Å². The Bertz CT molecular complexity index is 1180. The minimum atomic E-state index is -3.40. The molecule has 30 heavy (non-hydrogen) atoms. The summed E-state index contributed by atoms with van der Waals surface area (Å²) in [5, 5.41) is 13.0. The third-order valence-electron chi connectivity index (χ3n) is 4.97. The van der Waals surface area contributed by atoms with E-state index in [4.69, 9.17) is 9.15 Å². The zero-order valence-corrected chi connectivity index (χ0v) is 18.0. The molecule has 2 heterocycles. The summed E-state index contributed by atoms with van der Waals surface area (Å²) in [6.45, 7) is 9.50. The van der Waals surface area contributed by atoms with Crippen LogP contribution < -0.4 is 15.7 Å². The number of aliphatic hydroxyl groups excluding tert-OH is 1. The Morgan fingerprint density at radius 1 is 1.33 bits per heavy atom. The van der Waals surface area contributed by atoms with Gasteiger partial charge in [0, 0.05) is 0 Å². The first-order chi connectivity index (χ1) is 14.0. The van der Waals surface area contributed by atoms with Crippen molar-refractivity contribution in [3.05, 3.63) is 51.4 Å². The van der Waals surface area contributed by atoms with Crippen molar-refractivity contribution in [1.82, 2.24) is 5.32 Å². The Hall–Kier alpha value is -2.65. The minimum absolute atomic E-state index is 0.152. The molecule has 1 aliphatic rings. The Balaban J connectivity index is 1.93. The first-order valence-electron chi connectivity index (χ1n) is 9.49. The van der Waals surface area contributed by atoms with Gasteiger partial charge in [-0.3, -0.25) is 4.79 Å². The van der Waals surface area contributed by atoms with Gasteiger partial charge in [-0.15, -0.1) is 0 Å². The van der Waals surface area contributed by atoms with Gasteiger partial charge < -0.3 is 19.6 Å². The van der Waals surface area contributed by atoms with Crippen molar-refractivity contribution >= 4 is 26.7 Å². The van der Waals surface area contributed by atoms with Crippen LogP contribution in [0.4, 0.5) is 0 Å². The van der Waals surface area contributed by atoms with Gasteiger partial charge in [-0.1, -0.05) is 6.58 Å². The predicted molar refractivity (Wildman–Crippen MR) is 113 cm³/mol. The fraction of sp³-hybridized carbons (Fsp3) is 0.429. The van der Waals surface area contributed by atoms with Crippen LogP contribution in [0.5, 0.6) is 5.75 Å². The summed E-state index contributed by atoms with van der Waals surface area (Å²) in [6, 6.07) is 2.65. The maximum Gasteiger partial charge on any atom is 0.340 e. The Morgan fingerprint density at radius 3 is 2.63 bits per heavy atom. The van der Waals surface area contributed by atoms with Crippen LogP contribution in [0.2, 0.25) is 0 Å². The van der Waals surface area contributed by atoms with Gasteiger partial charge in [0.15, 0.2) is 9.84 Å². The van der Waals surface area contributed by atoms with E-state index in [9.17, 15) is 23.1 Å². The number of carbonyl (C=O) groups is 1. The van der Waals surface area contributed by atoms with E-state index < -0.39 is 39.3 Å². The van der Waals surface area contributed by atoms with E-state index in [1.165, 1.54) is 0 Å². The molecule has 1 saturated heterocycles. The molecule has 0 saturated carbocycles. The summed E-state index contributed by atoms with van der Waals surface area (Å²) in [7, 11) is -3.40. The van der Waals surface area contributed by atoms with Crippen LogP contribution in [-0.2, 0) is 21.1 Å². The molecular weight excluding hydrogens is 410 g/mol. The highest BCUT2D eigenvalue weighted by atomic mass is 32.2. The van der Waals surface area contributed by atoms with E-state index in [1.807, 2.05) is 19.9 Å². The maximum atomic E-state index is 12.5. The molecule has 2 aromatic rings. The number of hydrogen-bond donors (Lipinski definition) is 2. The fourth-order valence-corrected chi connectivity index (χ4v) is 5.28. The lowest BCUT2D eigenvalue weighted by Gasteiger charge is -2.16. The van der Waals surface area contributed by atoms with E-state index in [1.54, 1.807) is 13.0 Å². The molecule has 2 N–H and O–H groups in total. The number of sulfone groups is 1. The number of aryl methyl sites for hydroxylation is 2. The van der Waals surface area contributed by atoms with Crippen LogP contribution in [-0.4, -0.2) is 49.7 Å². The third kappa shape index (κ3) is 4.73. The molecule has 0 spiro atoms. The molecule has 1 aromatic heterocycles. The standard InChI is InChI=1S/C21H25NO7S/c1-11(2)8-28-17-5-12(3)6-18-20(17)13(4)14(21(25)29-18)7-19(24)22-15-9-30(26,27)10-16(15)23/h5-6,15-16,23H,1,7-10H2,2-4H3,(H,22,24). The van der Waals surface area contributed by atoms with E-state index >= 15 is 0 Å². The highest BCUT2D eigenvalue weighted by Crippen LogP contribution is 2.31. The largest absolute Gasteiger partial charge is 0.488 e. The number of hydrogen-bond acceptors (Lipinski definition) is 7. The van der Waals surface area contributed by atoms with Gasteiger partial charge >= 0.3 is 5.63 Å². The van der Waals surface area contributed by atoms with E-state index in [0.29, 0.717) is 28.9 Å². The molecule has 2 unspecified atom stereocenters. The van der Waals surface area contributed by atoms with Gasteiger partial charge in [0.05, 0.1) is 41.0 Å². The lowest BCUT2D eigenvalue weighted by molar-refractivity contribution is -0.121. The summed E-state index contributed by atoms with van der Waals surface area (Å²) in [5.74, 6) is -0.767. The lowest BCUT2D eigenvalue weighted by atomic mass is 10.0. The Labute approximate surface area is 174 Å². The summed E-state index contributed by atoms with van der Waals surface area (Å²) >= 11 is 0. The maximum absolute atomic E-state index is 12.5. The number of carbonyl (C=O) groups excluding carboxylic acids is 1. The molecule has 0 bridgehead atoms.